The minimum Gasteiger partial charge on any atom is -0.343 e. The number of hydrogen-bond donors (Lipinski definition) is 0. The number of hydrogen-bond acceptors (Lipinski definition) is 2. The Hall–Kier alpha value is -2.05. The summed E-state index contributed by atoms with van der Waals surface area (Å²) in [5, 5.41) is 0. The quantitative estimate of drug-likeness (QED) is 0.798. The largest absolute Gasteiger partial charge is 0.343 e. The lowest BCUT2D eigenvalue weighted by molar-refractivity contribution is -0.131. The second-order valence-corrected chi connectivity index (χ2v) is 5.56. The Bertz CT molecular complexity index is 601. The van der Waals surface area contributed by atoms with Gasteiger partial charge in [-0.1, -0.05) is 0 Å². The molecule has 0 N–H and O–H groups in total. The number of halogens is 3. The fraction of sp³-hybridized carbons (Fsp3) is 0.500. The predicted molar refractivity (Wildman–Crippen MR) is 79.4 cm³/mol. The molecule has 4 nitrogen and oxygen atoms in total. The number of nitrogens with zero attached hydrogens (tertiary/aromatic N) is 2. The third-order valence-electron chi connectivity index (χ3n) is 3.94. The van der Waals surface area contributed by atoms with Gasteiger partial charge >= 0.3 is 0 Å². The van der Waals surface area contributed by atoms with E-state index in [0.717, 1.165) is 36.3 Å². The van der Waals surface area contributed by atoms with Crippen LogP contribution in [0, 0.1) is 17.5 Å². The zero-order valence-electron chi connectivity index (χ0n) is 12.9. The topological polar surface area (TPSA) is 40.6 Å². The summed E-state index contributed by atoms with van der Waals surface area (Å²) in [5.74, 6) is -5.04. The molecule has 2 rings (SSSR count). The molecule has 126 valence electrons. The number of likely N-dealkylation sites (tertiary alicyclic amines) is 1. The van der Waals surface area contributed by atoms with Crippen molar-refractivity contribution < 1.29 is 22.8 Å². The van der Waals surface area contributed by atoms with Crippen LogP contribution in [0.4, 0.5) is 18.9 Å². The molecule has 0 atom stereocenters. The van der Waals surface area contributed by atoms with E-state index in [1.165, 1.54) is 6.92 Å². The van der Waals surface area contributed by atoms with Crippen LogP contribution in [0.25, 0.3) is 0 Å². The van der Waals surface area contributed by atoms with Gasteiger partial charge in [-0.2, -0.15) is 0 Å². The summed E-state index contributed by atoms with van der Waals surface area (Å²) in [7, 11) is 0. The van der Waals surface area contributed by atoms with E-state index in [1.54, 1.807) is 4.90 Å². The van der Waals surface area contributed by atoms with Gasteiger partial charge in [0.25, 0.3) is 0 Å². The molecule has 0 saturated carbocycles. The van der Waals surface area contributed by atoms with E-state index in [9.17, 15) is 22.8 Å². The molecular weight excluding hydrogens is 309 g/mol. The SMILES string of the molecule is CC(=O)N(CCC(=O)N1CCCCC1)c1ccc(F)c(F)c1F. The van der Waals surface area contributed by atoms with Gasteiger partial charge in [0.1, 0.15) is 0 Å². The van der Waals surface area contributed by atoms with E-state index in [2.05, 4.69) is 0 Å². The Kier molecular flexibility index (Phi) is 5.63. The number of amides is 2. The Balaban J connectivity index is 2.09. The summed E-state index contributed by atoms with van der Waals surface area (Å²) < 4.78 is 40.2. The number of carbonyl (C=O) groups is 2. The first-order chi connectivity index (χ1) is 10.9. The lowest BCUT2D eigenvalue weighted by atomic mass is 10.1. The molecule has 1 saturated heterocycles. The van der Waals surface area contributed by atoms with Gasteiger partial charge in [0.05, 0.1) is 5.69 Å². The van der Waals surface area contributed by atoms with Crippen molar-refractivity contribution in [2.45, 2.75) is 32.6 Å². The maximum absolute atomic E-state index is 13.8. The highest BCUT2D eigenvalue weighted by Gasteiger charge is 2.23. The normalized spacial score (nSPS) is 14.7. The summed E-state index contributed by atoms with van der Waals surface area (Å²) >= 11 is 0. The van der Waals surface area contributed by atoms with Crippen molar-refractivity contribution in [1.29, 1.82) is 0 Å². The van der Waals surface area contributed by atoms with Crippen molar-refractivity contribution in [2.24, 2.45) is 0 Å². The van der Waals surface area contributed by atoms with Crippen LogP contribution in [0.5, 0.6) is 0 Å². The standard InChI is InChI=1S/C16H19F3N2O2/c1-11(22)21(13-6-5-12(17)15(18)16(13)19)10-7-14(23)20-8-3-2-4-9-20/h5-6H,2-4,7-10H2,1H3. The van der Waals surface area contributed by atoms with Gasteiger partial charge in [0, 0.05) is 33.0 Å². The van der Waals surface area contributed by atoms with E-state index in [4.69, 9.17) is 0 Å². The van der Waals surface area contributed by atoms with Crippen LogP contribution in [0.15, 0.2) is 12.1 Å². The van der Waals surface area contributed by atoms with Crippen LogP contribution in [0.3, 0.4) is 0 Å². The summed E-state index contributed by atoms with van der Waals surface area (Å²) in [5.41, 5.74) is -0.358. The monoisotopic (exact) mass is 328 g/mol. The first-order valence-electron chi connectivity index (χ1n) is 7.61. The molecule has 0 aromatic heterocycles. The number of carbonyl (C=O) groups excluding carboxylic acids is 2. The fourth-order valence-corrected chi connectivity index (χ4v) is 2.68. The third kappa shape index (κ3) is 4.03. The Morgan fingerprint density at radius 1 is 1.09 bits per heavy atom. The lowest BCUT2D eigenvalue weighted by Crippen LogP contribution is -2.39. The Labute approximate surface area is 132 Å². The second kappa shape index (κ2) is 7.48. The van der Waals surface area contributed by atoms with Crippen molar-refractivity contribution in [3.63, 3.8) is 0 Å². The van der Waals surface area contributed by atoms with Gasteiger partial charge in [-0.05, 0) is 31.4 Å². The van der Waals surface area contributed by atoms with E-state index in [1.807, 2.05) is 0 Å². The number of piperidine rings is 1. The molecule has 0 radical (unpaired) electrons. The van der Waals surface area contributed by atoms with Gasteiger partial charge in [0.2, 0.25) is 11.8 Å². The van der Waals surface area contributed by atoms with Gasteiger partial charge in [-0.15, -0.1) is 0 Å². The van der Waals surface area contributed by atoms with Crippen LogP contribution < -0.4 is 4.90 Å². The first kappa shape index (κ1) is 17.3. The van der Waals surface area contributed by atoms with Crippen LogP contribution in [0.1, 0.15) is 32.6 Å². The zero-order valence-corrected chi connectivity index (χ0v) is 12.9. The zero-order chi connectivity index (χ0) is 17.0. The number of anilines is 1. The summed E-state index contributed by atoms with van der Waals surface area (Å²) in [6.07, 6.45) is 2.99. The highest BCUT2D eigenvalue weighted by atomic mass is 19.2. The molecule has 1 fully saturated rings. The van der Waals surface area contributed by atoms with Gasteiger partial charge in [-0.3, -0.25) is 9.59 Å². The molecule has 0 aliphatic carbocycles. The van der Waals surface area contributed by atoms with Crippen LogP contribution >= 0.6 is 0 Å². The summed E-state index contributed by atoms with van der Waals surface area (Å²) in [4.78, 5) is 26.5. The number of rotatable bonds is 4. The average Bonchev–Trinajstić information content (AvgIpc) is 2.55. The van der Waals surface area contributed by atoms with Gasteiger partial charge in [0.15, 0.2) is 17.5 Å². The summed E-state index contributed by atoms with van der Waals surface area (Å²) in [6.45, 7) is 2.47. The van der Waals surface area contributed by atoms with Crippen LogP contribution in [-0.4, -0.2) is 36.3 Å². The highest BCUT2D eigenvalue weighted by molar-refractivity contribution is 5.92. The van der Waals surface area contributed by atoms with E-state index in [0.29, 0.717) is 13.1 Å². The number of benzene rings is 1. The van der Waals surface area contributed by atoms with Crippen LogP contribution in [-0.2, 0) is 9.59 Å². The minimum atomic E-state index is -1.63. The molecule has 7 heteroatoms. The molecule has 2 amide bonds. The van der Waals surface area contributed by atoms with Crippen molar-refractivity contribution >= 4 is 17.5 Å². The molecule has 1 aliphatic heterocycles. The maximum atomic E-state index is 13.8. The van der Waals surface area contributed by atoms with Crippen molar-refractivity contribution in [3.05, 3.63) is 29.6 Å². The van der Waals surface area contributed by atoms with Crippen molar-refractivity contribution in [1.82, 2.24) is 4.90 Å². The van der Waals surface area contributed by atoms with Gasteiger partial charge < -0.3 is 9.80 Å². The van der Waals surface area contributed by atoms with Crippen molar-refractivity contribution in [3.8, 4) is 0 Å². The molecule has 1 heterocycles. The third-order valence-corrected chi connectivity index (χ3v) is 3.94. The second-order valence-electron chi connectivity index (χ2n) is 5.56. The first-order valence-corrected chi connectivity index (χ1v) is 7.61. The molecule has 1 aromatic carbocycles. The van der Waals surface area contributed by atoms with Gasteiger partial charge in [-0.25, -0.2) is 13.2 Å². The molecule has 23 heavy (non-hydrogen) atoms. The van der Waals surface area contributed by atoms with E-state index >= 15 is 0 Å². The van der Waals surface area contributed by atoms with E-state index < -0.39 is 23.4 Å². The fourth-order valence-electron chi connectivity index (χ4n) is 2.68. The minimum absolute atomic E-state index is 0.0119. The molecular formula is C16H19F3N2O2. The van der Waals surface area contributed by atoms with Crippen molar-refractivity contribution in [2.75, 3.05) is 24.5 Å². The maximum Gasteiger partial charge on any atom is 0.224 e. The molecule has 1 aromatic rings. The molecule has 0 bridgehead atoms. The van der Waals surface area contributed by atoms with Crippen LogP contribution in [0.2, 0.25) is 0 Å². The Morgan fingerprint density at radius 2 is 1.74 bits per heavy atom. The summed E-state index contributed by atoms with van der Waals surface area (Å²) in [6, 6.07) is 1.76. The smallest absolute Gasteiger partial charge is 0.224 e. The lowest BCUT2D eigenvalue weighted by Gasteiger charge is -2.28. The average molecular weight is 328 g/mol. The molecule has 0 spiro atoms. The Morgan fingerprint density at radius 3 is 2.35 bits per heavy atom. The molecule has 0 unspecified atom stereocenters. The molecule has 1 aliphatic rings. The van der Waals surface area contributed by atoms with E-state index in [-0.39, 0.29) is 24.6 Å². The highest BCUT2D eigenvalue weighted by Crippen LogP contribution is 2.24. The predicted octanol–water partition coefficient (Wildman–Crippen LogP) is 2.86.